The van der Waals surface area contributed by atoms with Gasteiger partial charge in [-0.2, -0.15) is 0 Å². The van der Waals surface area contributed by atoms with Crippen molar-refractivity contribution in [1.82, 2.24) is 15.0 Å². The first-order valence-corrected chi connectivity index (χ1v) is 21.9. The predicted molar refractivity (Wildman–Crippen MR) is 256 cm³/mol. The van der Waals surface area contributed by atoms with Crippen molar-refractivity contribution in [2.45, 2.75) is 5.41 Å². The molecule has 62 heavy (non-hydrogen) atoms. The van der Waals surface area contributed by atoms with Crippen molar-refractivity contribution in [3.8, 4) is 78.7 Å². The molecule has 1 spiro atoms. The molecule has 0 saturated carbocycles. The first kappa shape index (κ1) is 35.0. The van der Waals surface area contributed by atoms with Gasteiger partial charge in [0.15, 0.2) is 17.5 Å². The number of aromatic nitrogens is 3. The number of thiophene rings is 1. The lowest BCUT2D eigenvalue weighted by molar-refractivity contribution is 0.794. The van der Waals surface area contributed by atoms with E-state index >= 15 is 0 Å². The van der Waals surface area contributed by atoms with Crippen molar-refractivity contribution >= 4 is 31.5 Å². The number of rotatable bonds is 5. The smallest absolute Gasteiger partial charge is 0.164 e. The van der Waals surface area contributed by atoms with Crippen LogP contribution in [0, 0.1) is 0 Å². The maximum absolute atomic E-state index is 5.25. The van der Waals surface area contributed by atoms with Crippen molar-refractivity contribution < 1.29 is 0 Å². The molecular weight excluding hydrogens is 771 g/mol. The van der Waals surface area contributed by atoms with Gasteiger partial charge in [0.2, 0.25) is 0 Å². The van der Waals surface area contributed by atoms with Crippen molar-refractivity contribution in [2.24, 2.45) is 0 Å². The standard InChI is InChI=1S/C58H35N3S/c1-2-15-37(16-3-1)55-59-56(61-57(60-55)45-21-5-4-17-40(45)44-23-14-28-53-54(44)46-22-9-13-27-52(46)62-53)38-31-29-36(30-32-38)39-33-34-51-47(35-39)43-20-8-12-26-50(43)58(51)48-24-10-6-18-41(48)42-19-7-11-25-49(42)58/h1-35H. The molecule has 0 unspecified atom stereocenters. The molecule has 13 rings (SSSR count). The van der Waals surface area contributed by atoms with Gasteiger partial charge in [-0.15, -0.1) is 11.3 Å². The Morgan fingerprint density at radius 1 is 0.290 bits per heavy atom. The first-order chi connectivity index (χ1) is 30.7. The van der Waals surface area contributed by atoms with E-state index in [1.165, 1.54) is 75.8 Å². The lowest BCUT2D eigenvalue weighted by Crippen LogP contribution is -2.25. The molecule has 0 bridgehead atoms. The monoisotopic (exact) mass is 805 g/mol. The molecular formula is C58H35N3S. The molecule has 3 nitrogen and oxygen atoms in total. The second-order valence-electron chi connectivity index (χ2n) is 16.2. The zero-order valence-electron chi connectivity index (χ0n) is 33.5. The Balaban J connectivity index is 0.927. The Labute approximate surface area is 363 Å². The van der Waals surface area contributed by atoms with Gasteiger partial charge in [-0.05, 0) is 85.0 Å². The molecule has 0 N–H and O–H groups in total. The van der Waals surface area contributed by atoms with Crippen LogP contribution in [0.1, 0.15) is 22.3 Å². The normalized spacial score (nSPS) is 13.0. The summed E-state index contributed by atoms with van der Waals surface area (Å²) in [6.45, 7) is 0. The number of hydrogen-bond donors (Lipinski definition) is 0. The highest BCUT2D eigenvalue weighted by atomic mass is 32.1. The lowest BCUT2D eigenvalue weighted by Gasteiger charge is -2.30. The van der Waals surface area contributed by atoms with E-state index in [2.05, 4.69) is 194 Å². The zero-order valence-corrected chi connectivity index (χ0v) is 34.3. The largest absolute Gasteiger partial charge is 0.208 e. The third-order valence-electron chi connectivity index (χ3n) is 13.0. The van der Waals surface area contributed by atoms with Crippen LogP contribution in [-0.4, -0.2) is 15.0 Å². The Morgan fingerprint density at radius 3 is 1.45 bits per heavy atom. The molecule has 2 aliphatic rings. The van der Waals surface area contributed by atoms with Crippen LogP contribution in [0.2, 0.25) is 0 Å². The van der Waals surface area contributed by atoms with Gasteiger partial charge < -0.3 is 0 Å². The van der Waals surface area contributed by atoms with Crippen molar-refractivity contribution in [3.05, 3.63) is 235 Å². The van der Waals surface area contributed by atoms with Gasteiger partial charge in [0, 0.05) is 36.9 Å². The number of benzene rings is 9. The van der Waals surface area contributed by atoms with E-state index in [1.807, 2.05) is 29.5 Å². The molecule has 9 aromatic carbocycles. The molecule has 288 valence electrons. The molecule has 4 heteroatoms. The van der Waals surface area contributed by atoms with Gasteiger partial charge in [0.1, 0.15) is 0 Å². The summed E-state index contributed by atoms with van der Waals surface area (Å²) in [5.74, 6) is 1.93. The van der Waals surface area contributed by atoms with Crippen LogP contribution in [-0.2, 0) is 5.41 Å². The topological polar surface area (TPSA) is 38.7 Å². The summed E-state index contributed by atoms with van der Waals surface area (Å²) in [5, 5.41) is 2.53. The Bertz CT molecular complexity index is 3540. The van der Waals surface area contributed by atoms with Gasteiger partial charge in [-0.1, -0.05) is 194 Å². The zero-order chi connectivity index (χ0) is 40.8. The maximum atomic E-state index is 5.25. The first-order valence-electron chi connectivity index (χ1n) is 21.1. The van der Waals surface area contributed by atoms with Crippen LogP contribution in [0.25, 0.3) is 98.8 Å². The summed E-state index contributed by atoms with van der Waals surface area (Å²) < 4.78 is 2.55. The van der Waals surface area contributed by atoms with Crippen LogP contribution in [0.15, 0.2) is 212 Å². The van der Waals surface area contributed by atoms with E-state index in [1.54, 1.807) is 0 Å². The molecule has 0 fully saturated rings. The number of hydrogen-bond acceptors (Lipinski definition) is 4. The minimum absolute atomic E-state index is 0.350. The molecule has 0 saturated heterocycles. The summed E-state index contributed by atoms with van der Waals surface area (Å²) in [4.78, 5) is 15.5. The average Bonchev–Trinajstić information content (AvgIpc) is 3.98. The van der Waals surface area contributed by atoms with Gasteiger partial charge in [0.05, 0.1) is 5.41 Å². The molecule has 11 aromatic rings. The van der Waals surface area contributed by atoms with E-state index in [0.29, 0.717) is 17.5 Å². The van der Waals surface area contributed by atoms with Gasteiger partial charge in [-0.3, -0.25) is 0 Å². The van der Waals surface area contributed by atoms with Crippen LogP contribution < -0.4 is 0 Å². The number of nitrogens with zero attached hydrogens (tertiary/aromatic N) is 3. The van der Waals surface area contributed by atoms with E-state index < -0.39 is 0 Å². The predicted octanol–water partition coefficient (Wildman–Crippen LogP) is 14.9. The molecule has 0 amide bonds. The fourth-order valence-corrected chi connectivity index (χ4v) is 11.5. The van der Waals surface area contributed by atoms with E-state index in [-0.39, 0.29) is 5.41 Å². The second-order valence-corrected chi connectivity index (χ2v) is 17.3. The summed E-state index contributed by atoms with van der Waals surface area (Å²) in [6, 6.07) is 76.7. The van der Waals surface area contributed by atoms with Gasteiger partial charge >= 0.3 is 0 Å². The number of fused-ring (bicyclic) bond motifs is 13. The minimum atomic E-state index is -0.350. The average molecular weight is 806 g/mol. The van der Waals surface area contributed by atoms with E-state index in [4.69, 9.17) is 15.0 Å². The summed E-state index contributed by atoms with van der Waals surface area (Å²) in [7, 11) is 0. The summed E-state index contributed by atoms with van der Waals surface area (Å²) in [5.41, 5.74) is 17.7. The van der Waals surface area contributed by atoms with Crippen molar-refractivity contribution in [1.29, 1.82) is 0 Å². The van der Waals surface area contributed by atoms with Crippen LogP contribution in [0.4, 0.5) is 0 Å². The summed E-state index contributed by atoms with van der Waals surface area (Å²) >= 11 is 1.83. The third-order valence-corrected chi connectivity index (χ3v) is 14.1. The highest BCUT2D eigenvalue weighted by Crippen LogP contribution is 2.63. The molecule has 0 radical (unpaired) electrons. The molecule has 2 aliphatic carbocycles. The molecule has 2 heterocycles. The third kappa shape index (κ3) is 5.08. The van der Waals surface area contributed by atoms with Crippen LogP contribution in [0.3, 0.4) is 0 Å². The quantitative estimate of drug-likeness (QED) is 0.174. The van der Waals surface area contributed by atoms with Gasteiger partial charge in [-0.25, -0.2) is 15.0 Å². The fraction of sp³-hybridized carbons (Fsp3) is 0.0172. The molecule has 2 aromatic heterocycles. The van der Waals surface area contributed by atoms with Crippen LogP contribution >= 0.6 is 11.3 Å². The Hall–Kier alpha value is -7.79. The second kappa shape index (κ2) is 13.6. The minimum Gasteiger partial charge on any atom is -0.208 e. The SMILES string of the molecule is c1ccc(-c2nc(-c3ccc(-c4ccc5c(c4)-c4ccccc4C54c5ccccc5-c5ccccc54)cc3)nc(-c3ccccc3-c3cccc4sc5ccccc5c34)n2)cc1. The van der Waals surface area contributed by atoms with Crippen molar-refractivity contribution in [2.75, 3.05) is 0 Å². The van der Waals surface area contributed by atoms with E-state index in [0.717, 1.165) is 27.8 Å². The summed E-state index contributed by atoms with van der Waals surface area (Å²) in [6.07, 6.45) is 0. The fourth-order valence-electron chi connectivity index (χ4n) is 10.3. The highest BCUT2D eigenvalue weighted by Gasteiger charge is 2.51. The maximum Gasteiger partial charge on any atom is 0.164 e. The van der Waals surface area contributed by atoms with Crippen molar-refractivity contribution in [3.63, 3.8) is 0 Å². The van der Waals surface area contributed by atoms with Gasteiger partial charge in [0.25, 0.3) is 0 Å². The Morgan fingerprint density at radius 2 is 0.758 bits per heavy atom. The van der Waals surface area contributed by atoms with E-state index in [9.17, 15) is 0 Å². The molecule has 0 atom stereocenters. The molecule has 0 aliphatic heterocycles. The highest BCUT2D eigenvalue weighted by molar-refractivity contribution is 7.25. The lowest BCUT2D eigenvalue weighted by atomic mass is 9.70. The van der Waals surface area contributed by atoms with Crippen LogP contribution in [0.5, 0.6) is 0 Å². The Kier molecular flexibility index (Phi) is 7.69.